The van der Waals surface area contributed by atoms with Crippen LogP contribution in [0.1, 0.15) is 56.3 Å². The Morgan fingerprint density at radius 1 is 1.03 bits per heavy atom. The van der Waals surface area contributed by atoms with E-state index in [0.29, 0.717) is 24.3 Å². The van der Waals surface area contributed by atoms with E-state index in [1.54, 1.807) is 29.2 Å². The molecule has 7 nitrogen and oxygen atoms in total. The minimum Gasteiger partial charge on any atom is -0.341 e. The molecule has 7 heteroatoms. The van der Waals surface area contributed by atoms with Crippen molar-refractivity contribution in [2.24, 2.45) is 0 Å². The molecule has 2 aliphatic heterocycles. The summed E-state index contributed by atoms with van der Waals surface area (Å²) in [6, 6.07) is 6.87. The number of likely N-dealkylation sites (tertiary alicyclic amines) is 2. The quantitative estimate of drug-likeness (QED) is 0.744. The molecule has 0 aromatic heterocycles. The normalized spacial score (nSPS) is 19.5. The number of amides is 3. The van der Waals surface area contributed by atoms with Crippen LogP contribution in [0.5, 0.6) is 0 Å². The summed E-state index contributed by atoms with van der Waals surface area (Å²) in [5, 5.41) is 2.91. The monoisotopic (exact) mass is 414 g/mol. The lowest BCUT2D eigenvalue weighted by molar-refractivity contribution is -0.137. The molecule has 1 aromatic carbocycles. The molecule has 2 saturated heterocycles. The van der Waals surface area contributed by atoms with E-state index < -0.39 is 0 Å². The van der Waals surface area contributed by atoms with E-state index in [9.17, 15) is 14.4 Å². The molecule has 2 fully saturated rings. The first-order valence-corrected chi connectivity index (χ1v) is 11.3. The van der Waals surface area contributed by atoms with E-state index in [1.807, 2.05) is 23.6 Å². The largest absolute Gasteiger partial charge is 0.341 e. The van der Waals surface area contributed by atoms with E-state index >= 15 is 0 Å². The van der Waals surface area contributed by atoms with Crippen molar-refractivity contribution in [3.8, 4) is 0 Å². The fraction of sp³-hybridized carbons (Fsp3) is 0.609. The summed E-state index contributed by atoms with van der Waals surface area (Å²) >= 11 is 0. The van der Waals surface area contributed by atoms with Crippen LogP contribution in [-0.2, 0) is 9.59 Å². The van der Waals surface area contributed by atoms with E-state index in [-0.39, 0.29) is 30.3 Å². The van der Waals surface area contributed by atoms with Gasteiger partial charge in [-0.05, 0) is 64.3 Å². The van der Waals surface area contributed by atoms with Gasteiger partial charge in [0, 0.05) is 37.4 Å². The first-order chi connectivity index (χ1) is 14.5. The topological polar surface area (TPSA) is 73.0 Å². The van der Waals surface area contributed by atoms with Crippen molar-refractivity contribution in [1.82, 2.24) is 14.7 Å². The fourth-order valence-electron chi connectivity index (χ4n) is 4.42. The fourth-order valence-corrected chi connectivity index (χ4v) is 4.42. The molecule has 30 heavy (non-hydrogen) atoms. The zero-order valence-corrected chi connectivity index (χ0v) is 18.2. The molecular formula is C23H34N4O3. The average molecular weight is 415 g/mol. The average Bonchev–Trinajstić information content (AvgIpc) is 3.29. The van der Waals surface area contributed by atoms with Crippen LogP contribution in [0.3, 0.4) is 0 Å². The summed E-state index contributed by atoms with van der Waals surface area (Å²) in [6.45, 7) is 7.82. The molecule has 0 aliphatic carbocycles. The minimum atomic E-state index is -0.196. The van der Waals surface area contributed by atoms with E-state index in [4.69, 9.17) is 0 Å². The van der Waals surface area contributed by atoms with Crippen molar-refractivity contribution in [2.45, 2.75) is 52.0 Å². The van der Waals surface area contributed by atoms with Gasteiger partial charge < -0.3 is 15.1 Å². The predicted octanol–water partition coefficient (Wildman–Crippen LogP) is 2.58. The predicted molar refractivity (Wildman–Crippen MR) is 117 cm³/mol. The Labute approximate surface area is 179 Å². The van der Waals surface area contributed by atoms with Gasteiger partial charge in [-0.3, -0.25) is 19.3 Å². The van der Waals surface area contributed by atoms with Gasteiger partial charge in [-0.1, -0.05) is 12.5 Å². The van der Waals surface area contributed by atoms with Crippen molar-refractivity contribution < 1.29 is 14.4 Å². The Bertz CT molecular complexity index is 757. The first kappa shape index (κ1) is 22.3. The molecule has 0 bridgehead atoms. The van der Waals surface area contributed by atoms with Crippen LogP contribution >= 0.6 is 0 Å². The molecule has 2 aliphatic rings. The maximum absolute atomic E-state index is 12.9. The Morgan fingerprint density at radius 2 is 1.73 bits per heavy atom. The molecule has 1 atom stereocenters. The second-order valence-corrected chi connectivity index (χ2v) is 8.12. The van der Waals surface area contributed by atoms with Crippen LogP contribution in [-0.4, -0.2) is 77.7 Å². The van der Waals surface area contributed by atoms with Crippen LogP contribution in [0.4, 0.5) is 5.69 Å². The van der Waals surface area contributed by atoms with Gasteiger partial charge in [-0.25, -0.2) is 0 Å². The first-order valence-electron chi connectivity index (χ1n) is 11.3. The Balaban J connectivity index is 1.62. The third kappa shape index (κ3) is 5.39. The van der Waals surface area contributed by atoms with Gasteiger partial charge in [0.1, 0.15) is 0 Å². The lowest BCUT2D eigenvalue weighted by atomic mass is 10.0. The van der Waals surface area contributed by atoms with E-state index in [1.165, 1.54) is 0 Å². The molecule has 3 amide bonds. The number of nitrogens with zero attached hydrogens (tertiary/aromatic N) is 3. The van der Waals surface area contributed by atoms with Crippen LogP contribution < -0.4 is 5.32 Å². The summed E-state index contributed by atoms with van der Waals surface area (Å²) in [5.41, 5.74) is 1.17. The van der Waals surface area contributed by atoms with Gasteiger partial charge in [0.05, 0.1) is 12.6 Å². The Kier molecular flexibility index (Phi) is 7.85. The highest BCUT2D eigenvalue weighted by Gasteiger charge is 2.33. The maximum Gasteiger partial charge on any atom is 0.253 e. The summed E-state index contributed by atoms with van der Waals surface area (Å²) in [7, 11) is 0. The van der Waals surface area contributed by atoms with Gasteiger partial charge in [-0.2, -0.15) is 0 Å². The highest BCUT2D eigenvalue weighted by atomic mass is 16.2. The number of rotatable bonds is 7. The zero-order chi connectivity index (χ0) is 21.5. The molecule has 1 unspecified atom stereocenters. The van der Waals surface area contributed by atoms with E-state index in [0.717, 1.165) is 51.7 Å². The maximum atomic E-state index is 12.9. The molecule has 0 radical (unpaired) electrons. The number of hydrogen-bond donors (Lipinski definition) is 1. The summed E-state index contributed by atoms with van der Waals surface area (Å²) in [6.07, 6.45) is 4.99. The number of hydrogen-bond acceptors (Lipinski definition) is 4. The van der Waals surface area contributed by atoms with Crippen molar-refractivity contribution in [2.75, 3.05) is 44.6 Å². The lowest BCUT2D eigenvalue weighted by Gasteiger charge is -2.36. The van der Waals surface area contributed by atoms with Gasteiger partial charge in [-0.15, -0.1) is 0 Å². The summed E-state index contributed by atoms with van der Waals surface area (Å²) < 4.78 is 0. The number of anilines is 1. The number of nitrogens with one attached hydrogen (secondary N) is 1. The SMILES string of the molecule is CCN(CC)C(=O)c1cccc(NC(=O)CN2CCCCC2C(=O)N2CCCC2)c1. The van der Waals surface area contributed by atoms with Crippen LogP contribution in [0.25, 0.3) is 0 Å². The standard InChI is InChI=1S/C23H34N4O3/c1-3-25(4-2)22(29)18-10-9-11-19(16-18)24-21(28)17-27-15-6-5-12-20(27)23(30)26-13-7-8-14-26/h9-11,16,20H,3-8,12-15,17H2,1-2H3,(H,24,28). The van der Waals surface area contributed by atoms with Crippen LogP contribution in [0.15, 0.2) is 24.3 Å². The van der Waals surface area contributed by atoms with Crippen LogP contribution in [0.2, 0.25) is 0 Å². The molecule has 3 rings (SSSR count). The molecule has 1 N–H and O–H groups in total. The highest BCUT2D eigenvalue weighted by Crippen LogP contribution is 2.21. The van der Waals surface area contributed by atoms with Gasteiger partial charge in [0.25, 0.3) is 5.91 Å². The van der Waals surface area contributed by atoms with Crippen molar-refractivity contribution in [1.29, 1.82) is 0 Å². The number of carbonyl (C=O) groups excluding carboxylic acids is 3. The number of benzene rings is 1. The third-order valence-electron chi connectivity index (χ3n) is 6.11. The van der Waals surface area contributed by atoms with Gasteiger partial charge >= 0.3 is 0 Å². The zero-order valence-electron chi connectivity index (χ0n) is 18.2. The van der Waals surface area contributed by atoms with Gasteiger partial charge in [0.2, 0.25) is 11.8 Å². The smallest absolute Gasteiger partial charge is 0.253 e. The van der Waals surface area contributed by atoms with Crippen molar-refractivity contribution >= 4 is 23.4 Å². The second-order valence-electron chi connectivity index (χ2n) is 8.12. The van der Waals surface area contributed by atoms with Crippen molar-refractivity contribution in [3.63, 3.8) is 0 Å². The molecular weight excluding hydrogens is 380 g/mol. The molecule has 2 heterocycles. The summed E-state index contributed by atoms with van der Waals surface area (Å²) in [5.74, 6) is -0.0150. The number of piperidine rings is 1. The lowest BCUT2D eigenvalue weighted by Crippen LogP contribution is -2.52. The molecule has 164 valence electrons. The third-order valence-corrected chi connectivity index (χ3v) is 6.11. The Hall–Kier alpha value is -2.41. The molecule has 1 aromatic rings. The second kappa shape index (κ2) is 10.6. The van der Waals surface area contributed by atoms with Gasteiger partial charge in [0.15, 0.2) is 0 Å². The number of carbonyl (C=O) groups is 3. The molecule has 0 saturated carbocycles. The summed E-state index contributed by atoms with van der Waals surface area (Å²) in [4.78, 5) is 43.9. The van der Waals surface area contributed by atoms with E-state index in [2.05, 4.69) is 5.32 Å². The molecule has 0 spiro atoms. The minimum absolute atomic E-state index is 0.0385. The van der Waals surface area contributed by atoms with Crippen LogP contribution in [0, 0.1) is 0 Å². The van der Waals surface area contributed by atoms with Crippen molar-refractivity contribution in [3.05, 3.63) is 29.8 Å². The highest BCUT2D eigenvalue weighted by molar-refractivity contribution is 5.97. The Morgan fingerprint density at radius 3 is 2.43 bits per heavy atom.